The molecule has 0 unspecified atom stereocenters. The highest BCUT2D eigenvalue weighted by Gasteiger charge is 2.41. The maximum atomic E-state index is 6.92. The molecule has 0 amide bonds. The van der Waals surface area contributed by atoms with Gasteiger partial charge in [0.05, 0.1) is 6.10 Å². The Morgan fingerprint density at radius 3 is 1.85 bits per heavy atom. The van der Waals surface area contributed by atoms with Crippen LogP contribution in [0.1, 0.15) is 62.3 Å². The molecule has 0 aromatic carbocycles. The molecule has 0 heterocycles. The van der Waals surface area contributed by atoms with E-state index in [4.69, 9.17) is 8.85 Å². The van der Waals surface area contributed by atoms with Crippen LogP contribution < -0.4 is 0 Å². The molecule has 0 bridgehead atoms. The Balaban J connectivity index is 5.43. The Kier molecular flexibility index (Phi) is 11.5. The standard InChI is InChI=1S/C21H45IO2Si2/c1-12-26(13-2,14-3)23-16-18(5)20(17(4)15-19(6)22)24-25(10,11)21(7,8)9/h15,17-18,20H,12-14,16H2,1-11H3/t17-,18-,20+/m0/s1. The number of rotatable bonds is 11. The number of halogens is 1. The van der Waals surface area contributed by atoms with E-state index in [1.54, 1.807) is 0 Å². The molecular weight excluding hydrogens is 467 g/mol. The van der Waals surface area contributed by atoms with Crippen LogP contribution in [0, 0.1) is 11.8 Å². The van der Waals surface area contributed by atoms with Crippen molar-refractivity contribution in [1.29, 1.82) is 0 Å². The summed E-state index contributed by atoms with van der Waals surface area (Å²) in [6, 6.07) is 3.63. The van der Waals surface area contributed by atoms with Gasteiger partial charge in [0, 0.05) is 18.4 Å². The SMILES string of the molecule is CC[Si](CC)(CC)OC[C@H](C)[C@H](O[Si](C)(C)C(C)(C)C)[C@@H](C)C=C(C)I. The zero-order valence-electron chi connectivity index (χ0n) is 19.3. The van der Waals surface area contributed by atoms with E-state index in [-0.39, 0.29) is 11.1 Å². The van der Waals surface area contributed by atoms with E-state index < -0.39 is 16.6 Å². The summed E-state index contributed by atoms with van der Waals surface area (Å²) in [5.74, 6) is 0.809. The minimum absolute atomic E-state index is 0.220. The average Bonchev–Trinajstić information content (AvgIpc) is 2.52. The van der Waals surface area contributed by atoms with Crippen molar-refractivity contribution in [3.63, 3.8) is 0 Å². The molecule has 3 atom stereocenters. The van der Waals surface area contributed by atoms with Crippen molar-refractivity contribution < 1.29 is 8.85 Å². The molecule has 5 heteroatoms. The van der Waals surface area contributed by atoms with Crippen LogP contribution in [0.25, 0.3) is 0 Å². The summed E-state index contributed by atoms with van der Waals surface area (Å²) < 4.78 is 14.9. The first kappa shape index (κ1) is 26.8. The zero-order valence-corrected chi connectivity index (χ0v) is 23.5. The third-order valence-corrected chi connectivity index (χ3v) is 15.9. The molecular formula is C21H45IO2Si2. The molecule has 0 saturated carbocycles. The summed E-state index contributed by atoms with van der Waals surface area (Å²) in [6.45, 7) is 26.2. The van der Waals surface area contributed by atoms with Gasteiger partial charge in [-0.3, -0.25) is 0 Å². The van der Waals surface area contributed by atoms with E-state index in [2.05, 4.69) is 104 Å². The van der Waals surface area contributed by atoms with Crippen LogP contribution in [0.15, 0.2) is 9.66 Å². The second-order valence-corrected chi connectivity index (χ2v) is 20.7. The van der Waals surface area contributed by atoms with Gasteiger partial charge in [0.15, 0.2) is 16.6 Å². The van der Waals surface area contributed by atoms with Crippen LogP contribution in [0.3, 0.4) is 0 Å². The monoisotopic (exact) mass is 512 g/mol. The van der Waals surface area contributed by atoms with Gasteiger partial charge in [0.1, 0.15) is 0 Å². The van der Waals surface area contributed by atoms with Gasteiger partial charge in [0.25, 0.3) is 0 Å². The van der Waals surface area contributed by atoms with Gasteiger partial charge in [-0.1, -0.05) is 61.5 Å². The van der Waals surface area contributed by atoms with Gasteiger partial charge in [-0.15, -0.1) is 0 Å². The largest absolute Gasteiger partial charge is 0.416 e. The van der Waals surface area contributed by atoms with Gasteiger partial charge < -0.3 is 8.85 Å². The van der Waals surface area contributed by atoms with Gasteiger partial charge in [-0.25, -0.2) is 0 Å². The Bertz CT molecular complexity index is 428. The van der Waals surface area contributed by atoms with E-state index in [0.29, 0.717) is 11.8 Å². The Morgan fingerprint density at radius 1 is 1.04 bits per heavy atom. The summed E-state index contributed by atoms with van der Waals surface area (Å²) >= 11 is 2.41. The van der Waals surface area contributed by atoms with Gasteiger partial charge in [0.2, 0.25) is 0 Å². The summed E-state index contributed by atoms with van der Waals surface area (Å²) in [5.41, 5.74) is 0. The van der Waals surface area contributed by atoms with Crippen LogP contribution in [0.2, 0.25) is 36.3 Å². The smallest absolute Gasteiger partial charge is 0.192 e. The number of hydrogen-bond donors (Lipinski definition) is 0. The van der Waals surface area contributed by atoms with Crippen molar-refractivity contribution in [2.24, 2.45) is 11.8 Å². The van der Waals surface area contributed by atoms with Gasteiger partial charge in [-0.2, -0.15) is 0 Å². The van der Waals surface area contributed by atoms with Crippen molar-refractivity contribution in [3.05, 3.63) is 9.66 Å². The third kappa shape index (κ3) is 8.05. The normalized spacial score (nSPS) is 17.9. The molecule has 0 saturated heterocycles. The van der Waals surface area contributed by atoms with Gasteiger partial charge in [-0.05, 0) is 69.4 Å². The van der Waals surface area contributed by atoms with E-state index in [9.17, 15) is 0 Å². The van der Waals surface area contributed by atoms with E-state index in [1.165, 1.54) is 21.7 Å². The van der Waals surface area contributed by atoms with Crippen LogP contribution in [0.4, 0.5) is 0 Å². The molecule has 0 aliphatic carbocycles. The first-order chi connectivity index (χ1) is 11.7. The maximum absolute atomic E-state index is 6.92. The summed E-state index contributed by atoms with van der Waals surface area (Å²) in [4.78, 5) is 0. The van der Waals surface area contributed by atoms with Crippen LogP contribution in [-0.2, 0) is 8.85 Å². The molecule has 0 aliphatic heterocycles. The van der Waals surface area contributed by atoms with E-state index >= 15 is 0 Å². The molecule has 26 heavy (non-hydrogen) atoms. The lowest BCUT2D eigenvalue weighted by atomic mass is 9.94. The minimum atomic E-state index is -1.82. The molecule has 2 nitrogen and oxygen atoms in total. The number of allylic oxidation sites excluding steroid dienone is 1. The first-order valence-electron chi connectivity index (χ1n) is 10.4. The highest BCUT2D eigenvalue weighted by atomic mass is 127. The number of hydrogen-bond acceptors (Lipinski definition) is 2. The molecule has 0 aliphatic rings. The predicted octanol–water partition coefficient (Wildman–Crippen LogP) is 8.01. The lowest BCUT2D eigenvalue weighted by Crippen LogP contribution is -2.48. The summed E-state index contributed by atoms with van der Waals surface area (Å²) in [6.07, 6.45) is 2.58. The van der Waals surface area contributed by atoms with Crippen molar-refractivity contribution >= 4 is 39.2 Å². The van der Waals surface area contributed by atoms with Gasteiger partial charge >= 0.3 is 0 Å². The molecule has 0 aromatic rings. The fraction of sp³-hybridized carbons (Fsp3) is 0.905. The van der Waals surface area contributed by atoms with Crippen molar-refractivity contribution in [1.82, 2.24) is 0 Å². The average molecular weight is 513 g/mol. The topological polar surface area (TPSA) is 18.5 Å². The molecule has 0 spiro atoms. The highest BCUT2D eigenvalue weighted by molar-refractivity contribution is 14.1. The predicted molar refractivity (Wildman–Crippen MR) is 131 cm³/mol. The summed E-state index contributed by atoms with van der Waals surface area (Å²) in [7, 11) is -3.37. The van der Waals surface area contributed by atoms with E-state index in [1.807, 2.05) is 0 Å². The van der Waals surface area contributed by atoms with Crippen molar-refractivity contribution in [3.8, 4) is 0 Å². The van der Waals surface area contributed by atoms with Crippen molar-refractivity contribution in [2.75, 3.05) is 6.61 Å². The molecule has 0 radical (unpaired) electrons. The Hall–Kier alpha value is 0.824. The zero-order chi connectivity index (χ0) is 20.8. The lowest BCUT2D eigenvalue weighted by Gasteiger charge is -2.43. The van der Waals surface area contributed by atoms with Crippen LogP contribution in [-0.4, -0.2) is 29.3 Å². The maximum Gasteiger partial charge on any atom is 0.192 e. The molecule has 0 aromatic heterocycles. The quantitative estimate of drug-likeness (QED) is 0.206. The molecule has 156 valence electrons. The summed E-state index contributed by atoms with van der Waals surface area (Å²) in [5, 5.41) is 0.226. The second-order valence-electron chi connectivity index (χ2n) is 9.49. The Morgan fingerprint density at radius 2 is 1.50 bits per heavy atom. The minimum Gasteiger partial charge on any atom is -0.416 e. The van der Waals surface area contributed by atoms with Crippen LogP contribution in [0.5, 0.6) is 0 Å². The molecule has 0 rings (SSSR count). The fourth-order valence-corrected chi connectivity index (χ4v) is 7.95. The Labute approximate surface area is 180 Å². The van der Waals surface area contributed by atoms with Crippen molar-refractivity contribution in [2.45, 2.75) is 105 Å². The second kappa shape index (κ2) is 11.1. The first-order valence-corrected chi connectivity index (χ1v) is 16.9. The fourth-order valence-electron chi connectivity index (χ4n) is 3.18. The highest BCUT2D eigenvalue weighted by Crippen LogP contribution is 2.39. The van der Waals surface area contributed by atoms with E-state index in [0.717, 1.165) is 6.61 Å². The third-order valence-electron chi connectivity index (χ3n) is 6.39. The lowest BCUT2D eigenvalue weighted by molar-refractivity contribution is 0.0632. The molecule has 0 fully saturated rings. The molecule has 0 N–H and O–H groups in total. The van der Waals surface area contributed by atoms with Crippen LogP contribution >= 0.6 is 22.6 Å².